The van der Waals surface area contributed by atoms with Gasteiger partial charge in [0.1, 0.15) is 12.1 Å². The highest BCUT2D eigenvalue weighted by Crippen LogP contribution is 2.29. The van der Waals surface area contributed by atoms with Crippen LogP contribution in [0.2, 0.25) is 0 Å². The van der Waals surface area contributed by atoms with Crippen LogP contribution in [0.3, 0.4) is 0 Å². The summed E-state index contributed by atoms with van der Waals surface area (Å²) in [5.74, 6) is 2.30. The second kappa shape index (κ2) is 6.46. The van der Waals surface area contributed by atoms with Crippen molar-refractivity contribution < 1.29 is 4.79 Å². The number of piperazine rings is 1. The van der Waals surface area contributed by atoms with Crippen LogP contribution in [0.5, 0.6) is 0 Å². The van der Waals surface area contributed by atoms with Crippen LogP contribution in [0.15, 0.2) is 18.5 Å². The van der Waals surface area contributed by atoms with Gasteiger partial charge in [-0.2, -0.15) is 5.10 Å². The molecule has 0 N–H and O–H groups in total. The minimum atomic E-state index is 0.281. The van der Waals surface area contributed by atoms with Crippen LogP contribution in [0.4, 0.5) is 5.82 Å². The Labute approximate surface area is 147 Å². The molecule has 132 valence electrons. The molecule has 4 rings (SSSR count). The summed E-state index contributed by atoms with van der Waals surface area (Å²) in [5, 5.41) is 4.49. The molecule has 7 nitrogen and oxygen atoms in total. The molecule has 25 heavy (non-hydrogen) atoms. The summed E-state index contributed by atoms with van der Waals surface area (Å²) in [6.07, 6.45) is 4.92. The van der Waals surface area contributed by atoms with E-state index in [1.165, 1.54) is 6.42 Å². The third-order valence-electron chi connectivity index (χ3n) is 5.23. The van der Waals surface area contributed by atoms with Gasteiger partial charge in [-0.1, -0.05) is 6.42 Å². The minimum absolute atomic E-state index is 0.281. The van der Waals surface area contributed by atoms with E-state index in [1.54, 1.807) is 6.33 Å². The van der Waals surface area contributed by atoms with Crippen LogP contribution in [-0.2, 0) is 4.79 Å². The summed E-state index contributed by atoms with van der Waals surface area (Å²) in [4.78, 5) is 25.4. The predicted molar refractivity (Wildman–Crippen MR) is 94.8 cm³/mol. The molecule has 1 amide bonds. The number of hydrogen-bond donors (Lipinski definition) is 0. The first kappa shape index (κ1) is 16.1. The van der Waals surface area contributed by atoms with Crippen LogP contribution < -0.4 is 4.90 Å². The SMILES string of the molecule is Cc1cc(C)n(-c2cc(N3CCN(C(=O)C4CCC4)CC3)ncn2)n1. The van der Waals surface area contributed by atoms with Gasteiger partial charge in [0.25, 0.3) is 0 Å². The van der Waals surface area contributed by atoms with Gasteiger partial charge in [-0.25, -0.2) is 14.6 Å². The van der Waals surface area contributed by atoms with Crippen molar-refractivity contribution in [1.82, 2.24) is 24.6 Å². The highest BCUT2D eigenvalue weighted by molar-refractivity contribution is 5.79. The van der Waals surface area contributed by atoms with Crippen molar-refractivity contribution in [2.75, 3.05) is 31.1 Å². The van der Waals surface area contributed by atoms with Gasteiger partial charge in [0.2, 0.25) is 5.91 Å². The Morgan fingerprint density at radius 2 is 1.76 bits per heavy atom. The second-order valence-corrected chi connectivity index (χ2v) is 7.01. The lowest BCUT2D eigenvalue weighted by atomic mass is 9.84. The molecule has 7 heteroatoms. The molecule has 2 aromatic rings. The molecule has 0 spiro atoms. The molecule has 0 unspecified atom stereocenters. The van der Waals surface area contributed by atoms with E-state index in [2.05, 4.69) is 20.0 Å². The summed E-state index contributed by atoms with van der Waals surface area (Å²) in [7, 11) is 0. The van der Waals surface area contributed by atoms with Gasteiger partial charge in [0.05, 0.1) is 5.69 Å². The van der Waals surface area contributed by atoms with Gasteiger partial charge in [-0.15, -0.1) is 0 Å². The number of hydrogen-bond acceptors (Lipinski definition) is 5. The molecule has 1 aliphatic heterocycles. The standard InChI is InChI=1S/C18H24N6O/c1-13-10-14(2)24(21-13)17-11-16(19-12-20-17)22-6-8-23(9-7-22)18(25)15-4-3-5-15/h10-12,15H,3-9H2,1-2H3. The number of amides is 1. The van der Waals surface area contributed by atoms with Crippen LogP contribution in [0, 0.1) is 19.8 Å². The molecular formula is C18H24N6O. The Morgan fingerprint density at radius 1 is 1.04 bits per heavy atom. The Bertz CT molecular complexity index is 774. The maximum absolute atomic E-state index is 12.4. The molecule has 0 bridgehead atoms. The summed E-state index contributed by atoms with van der Waals surface area (Å²) in [5.41, 5.74) is 2.03. The molecule has 1 saturated heterocycles. The van der Waals surface area contributed by atoms with Gasteiger partial charge < -0.3 is 9.80 Å². The highest BCUT2D eigenvalue weighted by Gasteiger charge is 2.31. The normalized spacial score (nSPS) is 18.3. The van der Waals surface area contributed by atoms with Gasteiger partial charge in [-0.3, -0.25) is 4.79 Å². The molecular weight excluding hydrogens is 316 g/mol. The van der Waals surface area contributed by atoms with E-state index in [0.29, 0.717) is 5.91 Å². The quantitative estimate of drug-likeness (QED) is 0.851. The lowest BCUT2D eigenvalue weighted by molar-refractivity contribution is -0.138. The van der Waals surface area contributed by atoms with Crippen molar-refractivity contribution in [2.24, 2.45) is 5.92 Å². The van der Waals surface area contributed by atoms with Crippen molar-refractivity contribution in [3.8, 4) is 5.82 Å². The minimum Gasteiger partial charge on any atom is -0.353 e. The third kappa shape index (κ3) is 3.10. The summed E-state index contributed by atoms with van der Waals surface area (Å²) < 4.78 is 1.84. The van der Waals surface area contributed by atoms with E-state index in [0.717, 1.165) is 62.0 Å². The number of carbonyl (C=O) groups is 1. The number of anilines is 1. The smallest absolute Gasteiger partial charge is 0.225 e. The lowest BCUT2D eigenvalue weighted by Crippen LogP contribution is -2.51. The van der Waals surface area contributed by atoms with Gasteiger partial charge >= 0.3 is 0 Å². The molecule has 3 heterocycles. The van der Waals surface area contributed by atoms with Gasteiger partial charge in [0.15, 0.2) is 5.82 Å². The Kier molecular flexibility index (Phi) is 4.15. The van der Waals surface area contributed by atoms with E-state index in [1.807, 2.05) is 35.6 Å². The van der Waals surface area contributed by atoms with Crippen LogP contribution in [0.1, 0.15) is 30.7 Å². The fourth-order valence-corrected chi connectivity index (χ4v) is 3.56. The van der Waals surface area contributed by atoms with Crippen LogP contribution in [0.25, 0.3) is 5.82 Å². The van der Waals surface area contributed by atoms with E-state index < -0.39 is 0 Å². The lowest BCUT2D eigenvalue weighted by Gasteiger charge is -2.38. The molecule has 1 saturated carbocycles. The number of aromatic nitrogens is 4. The average Bonchev–Trinajstić information content (AvgIpc) is 2.92. The first-order chi connectivity index (χ1) is 12.1. The zero-order valence-corrected chi connectivity index (χ0v) is 14.9. The number of nitrogens with zero attached hydrogens (tertiary/aromatic N) is 6. The molecule has 2 aliphatic rings. The van der Waals surface area contributed by atoms with Gasteiger partial charge in [-0.05, 0) is 32.8 Å². The van der Waals surface area contributed by atoms with Crippen molar-refractivity contribution in [3.63, 3.8) is 0 Å². The predicted octanol–water partition coefficient (Wildman–Crippen LogP) is 1.73. The largest absolute Gasteiger partial charge is 0.353 e. The highest BCUT2D eigenvalue weighted by atomic mass is 16.2. The van der Waals surface area contributed by atoms with E-state index in [9.17, 15) is 4.79 Å². The van der Waals surface area contributed by atoms with Crippen LogP contribution >= 0.6 is 0 Å². The molecule has 0 atom stereocenters. The van der Waals surface area contributed by atoms with E-state index >= 15 is 0 Å². The molecule has 2 fully saturated rings. The number of carbonyl (C=O) groups excluding carboxylic acids is 1. The molecule has 1 aliphatic carbocycles. The molecule has 0 radical (unpaired) electrons. The fourth-order valence-electron chi connectivity index (χ4n) is 3.56. The van der Waals surface area contributed by atoms with E-state index in [-0.39, 0.29) is 5.92 Å². The van der Waals surface area contributed by atoms with Crippen molar-refractivity contribution in [1.29, 1.82) is 0 Å². The van der Waals surface area contributed by atoms with Crippen molar-refractivity contribution in [2.45, 2.75) is 33.1 Å². The number of aryl methyl sites for hydroxylation is 2. The van der Waals surface area contributed by atoms with Crippen molar-refractivity contribution in [3.05, 3.63) is 29.8 Å². The summed E-state index contributed by atoms with van der Waals surface area (Å²) in [6, 6.07) is 4.01. The monoisotopic (exact) mass is 340 g/mol. The maximum Gasteiger partial charge on any atom is 0.225 e. The summed E-state index contributed by atoms with van der Waals surface area (Å²) >= 11 is 0. The Hall–Kier alpha value is -2.44. The van der Waals surface area contributed by atoms with E-state index in [4.69, 9.17) is 0 Å². The fraction of sp³-hybridized carbons (Fsp3) is 0.556. The Morgan fingerprint density at radius 3 is 2.36 bits per heavy atom. The van der Waals surface area contributed by atoms with Crippen LogP contribution in [-0.4, -0.2) is 56.7 Å². The zero-order valence-electron chi connectivity index (χ0n) is 14.9. The first-order valence-corrected chi connectivity index (χ1v) is 9.01. The second-order valence-electron chi connectivity index (χ2n) is 7.01. The topological polar surface area (TPSA) is 67.2 Å². The first-order valence-electron chi connectivity index (χ1n) is 9.01. The maximum atomic E-state index is 12.4. The molecule has 0 aromatic carbocycles. The zero-order chi connectivity index (χ0) is 17.4. The Balaban J connectivity index is 1.45. The van der Waals surface area contributed by atoms with Gasteiger partial charge in [0, 0.05) is 43.9 Å². The summed E-state index contributed by atoms with van der Waals surface area (Å²) in [6.45, 7) is 7.16. The average molecular weight is 340 g/mol. The third-order valence-corrected chi connectivity index (χ3v) is 5.23. The molecule has 2 aromatic heterocycles. The number of rotatable bonds is 3. The van der Waals surface area contributed by atoms with Crippen molar-refractivity contribution >= 4 is 11.7 Å².